The number of hydrogen-bond acceptors (Lipinski definition) is 4. The van der Waals surface area contributed by atoms with Crippen molar-refractivity contribution in [3.05, 3.63) is 0 Å². The fraction of sp³-hybridized carbons (Fsp3) is 0.889. The van der Waals surface area contributed by atoms with Crippen LogP contribution in [0.3, 0.4) is 0 Å². The van der Waals surface area contributed by atoms with Crippen molar-refractivity contribution in [1.82, 2.24) is 10.6 Å². The molecule has 2 atom stereocenters. The fourth-order valence-corrected chi connectivity index (χ4v) is 2.48. The van der Waals surface area contributed by atoms with Crippen molar-refractivity contribution in [1.29, 1.82) is 0 Å². The van der Waals surface area contributed by atoms with Gasteiger partial charge in [0.15, 0.2) is 0 Å². The summed E-state index contributed by atoms with van der Waals surface area (Å²) < 4.78 is 0. The Kier molecular flexibility index (Phi) is 3.30. The van der Waals surface area contributed by atoms with Crippen LogP contribution >= 0.6 is 11.8 Å². The molecule has 0 spiro atoms. The second-order valence-corrected chi connectivity index (χ2v) is 4.95. The lowest BCUT2D eigenvalue weighted by Gasteiger charge is -2.13. The Balaban J connectivity index is 1.66. The normalized spacial score (nSPS) is 28.8. The number of carbonyl (C=O) groups excluding carboxylic acids is 1. The van der Waals surface area contributed by atoms with E-state index in [1.165, 1.54) is 0 Å². The van der Waals surface area contributed by atoms with Crippen LogP contribution < -0.4 is 10.6 Å². The molecule has 0 bridgehead atoms. The van der Waals surface area contributed by atoms with E-state index in [9.17, 15) is 9.90 Å². The molecule has 1 heterocycles. The predicted molar refractivity (Wildman–Crippen MR) is 56.0 cm³/mol. The van der Waals surface area contributed by atoms with Crippen LogP contribution in [0.15, 0.2) is 0 Å². The van der Waals surface area contributed by atoms with Gasteiger partial charge in [0, 0.05) is 18.2 Å². The van der Waals surface area contributed by atoms with Crippen LogP contribution in [0.2, 0.25) is 0 Å². The molecule has 3 N–H and O–H groups in total. The highest BCUT2D eigenvalue weighted by molar-refractivity contribution is 7.99. The molecule has 2 unspecified atom stereocenters. The monoisotopic (exact) mass is 216 g/mol. The SMILES string of the molecule is O=C(NCC(O)C1CC1)C1CSCN1. The van der Waals surface area contributed by atoms with Crippen LogP contribution in [0.5, 0.6) is 0 Å². The van der Waals surface area contributed by atoms with Crippen LogP contribution in [0, 0.1) is 5.92 Å². The van der Waals surface area contributed by atoms with E-state index in [-0.39, 0.29) is 18.1 Å². The first-order valence-electron chi connectivity index (χ1n) is 5.04. The first-order chi connectivity index (χ1) is 6.77. The van der Waals surface area contributed by atoms with E-state index >= 15 is 0 Å². The van der Waals surface area contributed by atoms with Crippen molar-refractivity contribution in [2.24, 2.45) is 5.92 Å². The lowest BCUT2D eigenvalue weighted by Crippen LogP contribution is -2.44. The van der Waals surface area contributed by atoms with Crippen LogP contribution in [0.4, 0.5) is 0 Å². The van der Waals surface area contributed by atoms with Crippen molar-refractivity contribution in [2.45, 2.75) is 25.0 Å². The number of aliphatic hydroxyl groups is 1. The summed E-state index contributed by atoms with van der Waals surface area (Å²) in [7, 11) is 0. The molecule has 4 nitrogen and oxygen atoms in total. The molecule has 1 aliphatic heterocycles. The molecule has 0 radical (unpaired) electrons. The molecule has 1 saturated heterocycles. The highest BCUT2D eigenvalue weighted by atomic mass is 32.2. The molecular formula is C9H16N2O2S. The maximum atomic E-state index is 11.5. The number of hydrogen-bond donors (Lipinski definition) is 3. The van der Waals surface area contributed by atoms with Gasteiger partial charge in [0.2, 0.25) is 5.91 Å². The molecule has 2 aliphatic rings. The molecular weight excluding hydrogens is 200 g/mol. The smallest absolute Gasteiger partial charge is 0.238 e. The molecule has 1 aliphatic carbocycles. The van der Waals surface area contributed by atoms with Crippen LogP contribution in [0.1, 0.15) is 12.8 Å². The maximum absolute atomic E-state index is 11.5. The van der Waals surface area contributed by atoms with Gasteiger partial charge >= 0.3 is 0 Å². The molecule has 0 aromatic carbocycles. The third kappa shape index (κ3) is 2.62. The Bertz CT molecular complexity index is 215. The minimum atomic E-state index is -0.340. The Morgan fingerprint density at radius 3 is 3.00 bits per heavy atom. The largest absolute Gasteiger partial charge is 0.391 e. The van der Waals surface area contributed by atoms with Gasteiger partial charge < -0.3 is 10.4 Å². The summed E-state index contributed by atoms with van der Waals surface area (Å²) in [6, 6.07) is -0.0635. The van der Waals surface area contributed by atoms with E-state index in [1.807, 2.05) is 0 Å². The van der Waals surface area contributed by atoms with Crippen molar-refractivity contribution >= 4 is 17.7 Å². The topological polar surface area (TPSA) is 61.4 Å². The number of aliphatic hydroxyl groups excluding tert-OH is 1. The summed E-state index contributed by atoms with van der Waals surface area (Å²) in [6.07, 6.45) is 1.87. The summed E-state index contributed by atoms with van der Waals surface area (Å²) in [5.74, 6) is 2.14. The summed E-state index contributed by atoms with van der Waals surface area (Å²) in [5.41, 5.74) is 0. The molecule has 1 saturated carbocycles. The van der Waals surface area contributed by atoms with Gasteiger partial charge in [0.1, 0.15) is 0 Å². The third-order valence-corrected chi connectivity index (χ3v) is 3.62. The second-order valence-electron chi connectivity index (χ2n) is 3.92. The standard InChI is InChI=1S/C9H16N2O2S/c12-8(6-1-2-6)3-10-9(13)7-4-14-5-11-7/h6-8,11-12H,1-5H2,(H,10,13). The first-order valence-corrected chi connectivity index (χ1v) is 6.20. The lowest BCUT2D eigenvalue weighted by molar-refractivity contribution is -0.122. The molecule has 5 heteroatoms. The Morgan fingerprint density at radius 1 is 1.64 bits per heavy atom. The van der Waals surface area contributed by atoms with Crippen molar-refractivity contribution in [2.75, 3.05) is 18.2 Å². The second kappa shape index (κ2) is 4.51. The third-order valence-electron chi connectivity index (χ3n) is 2.68. The van der Waals surface area contributed by atoms with Crippen LogP contribution in [-0.2, 0) is 4.79 Å². The van der Waals surface area contributed by atoms with Gasteiger partial charge in [-0.25, -0.2) is 0 Å². The zero-order valence-electron chi connectivity index (χ0n) is 8.03. The van der Waals surface area contributed by atoms with E-state index in [0.29, 0.717) is 12.5 Å². The van der Waals surface area contributed by atoms with Crippen molar-refractivity contribution < 1.29 is 9.90 Å². The molecule has 14 heavy (non-hydrogen) atoms. The quantitative estimate of drug-likeness (QED) is 0.595. The number of rotatable bonds is 4. The Labute approximate surface area is 87.8 Å². The van der Waals surface area contributed by atoms with Gasteiger partial charge in [0.25, 0.3) is 0 Å². The molecule has 2 fully saturated rings. The highest BCUT2D eigenvalue weighted by Gasteiger charge is 2.30. The number of nitrogens with one attached hydrogen (secondary N) is 2. The first kappa shape index (κ1) is 10.3. The number of amides is 1. The minimum absolute atomic E-state index is 0.0229. The van der Waals surface area contributed by atoms with E-state index < -0.39 is 0 Å². The highest BCUT2D eigenvalue weighted by Crippen LogP contribution is 2.32. The number of carbonyl (C=O) groups is 1. The van der Waals surface area contributed by atoms with Crippen LogP contribution in [-0.4, -0.2) is 41.3 Å². The van der Waals surface area contributed by atoms with Gasteiger partial charge in [-0.1, -0.05) is 0 Å². The molecule has 2 rings (SSSR count). The summed E-state index contributed by atoms with van der Waals surface area (Å²) in [5, 5.41) is 15.4. The molecule has 0 aromatic heterocycles. The Hall–Kier alpha value is -0.260. The predicted octanol–water partition coefficient (Wildman–Crippen LogP) is -0.464. The van der Waals surface area contributed by atoms with E-state index in [2.05, 4.69) is 10.6 Å². The van der Waals surface area contributed by atoms with E-state index in [4.69, 9.17) is 0 Å². The molecule has 0 aromatic rings. The van der Waals surface area contributed by atoms with Crippen molar-refractivity contribution in [3.8, 4) is 0 Å². The van der Waals surface area contributed by atoms with Crippen molar-refractivity contribution in [3.63, 3.8) is 0 Å². The zero-order valence-corrected chi connectivity index (χ0v) is 8.85. The average molecular weight is 216 g/mol. The van der Waals surface area contributed by atoms with Gasteiger partial charge in [-0.15, -0.1) is 11.8 Å². The van der Waals surface area contributed by atoms with E-state index in [1.54, 1.807) is 11.8 Å². The molecule has 80 valence electrons. The maximum Gasteiger partial charge on any atom is 0.238 e. The van der Waals surface area contributed by atoms with Gasteiger partial charge in [-0.05, 0) is 18.8 Å². The van der Waals surface area contributed by atoms with E-state index in [0.717, 1.165) is 24.5 Å². The summed E-state index contributed by atoms with van der Waals surface area (Å²) >= 11 is 1.73. The summed E-state index contributed by atoms with van der Waals surface area (Å²) in [4.78, 5) is 11.5. The fourth-order valence-electron chi connectivity index (χ4n) is 1.54. The minimum Gasteiger partial charge on any atom is -0.391 e. The summed E-state index contributed by atoms with van der Waals surface area (Å²) in [6.45, 7) is 0.409. The van der Waals surface area contributed by atoms with Crippen LogP contribution in [0.25, 0.3) is 0 Å². The lowest BCUT2D eigenvalue weighted by atomic mass is 10.2. The van der Waals surface area contributed by atoms with Gasteiger partial charge in [0.05, 0.1) is 12.1 Å². The number of thioether (sulfide) groups is 1. The Morgan fingerprint density at radius 2 is 2.43 bits per heavy atom. The molecule has 1 amide bonds. The zero-order chi connectivity index (χ0) is 9.97. The van der Waals surface area contributed by atoms with Gasteiger partial charge in [-0.3, -0.25) is 10.1 Å². The average Bonchev–Trinajstić information content (AvgIpc) is 2.90. The van der Waals surface area contributed by atoms with Gasteiger partial charge in [-0.2, -0.15) is 0 Å².